The highest BCUT2D eigenvalue weighted by molar-refractivity contribution is 6.07. The number of carbonyl (C=O) groups is 3. The van der Waals surface area contributed by atoms with E-state index in [1.165, 1.54) is 16.0 Å². The molecule has 0 radical (unpaired) electrons. The molecule has 138 valence electrons. The highest BCUT2D eigenvalue weighted by atomic mass is 16.2. The number of benzene rings is 1. The molecule has 4 rings (SSSR count). The summed E-state index contributed by atoms with van der Waals surface area (Å²) in [5.41, 5.74) is 1.77. The second-order valence-corrected chi connectivity index (χ2v) is 7.61. The Hall–Kier alpha value is -2.37. The van der Waals surface area contributed by atoms with E-state index in [2.05, 4.69) is 17.4 Å². The van der Waals surface area contributed by atoms with Gasteiger partial charge in [0.05, 0.1) is 0 Å². The van der Waals surface area contributed by atoms with Gasteiger partial charge in [-0.05, 0) is 30.4 Å². The van der Waals surface area contributed by atoms with Crippen molar-refractivity contribution in [3.8, 4) is 0 Å². The maximum Gasteiger partial charge on any atom is 0.325 e. The van der Waals surface area contributed by atoms with Gasteiger partial charge in [0, 0.05) is 26.1 Å². The van der Waals surface area contributed by atoms with Gasteiger partial charge in [0.25, 0.3) is 5.91 Å². The average Bonchev–Trinajstić information content (AvgIpc) is 2.89. The molecule has 1 spiro atoms. The minimum Gasteiger partial charge on any atom is -0.338 e. The molecule has 26 heavy (non-hydrogen) atoms. The summed E-state index contributed by atoms with van der Waals surface area (Å²) in [4.78, 5) is 40.7. The Balaban J connectivity index is 1.36. The third-order valence-corrected chi connectivity index (χ3v) is 5.99. The third kappa shape index (κ3) is 2.97. The smallest absolute Gasteiger partial charge is 0.325 e. The van der Waals surface area contributed by atoms with Crippen molar-refractivity contribution in [3.05, 3.63) is 35.4 Å². The Morgan fingerprint density at radius 2 is 1.81 bits per heavy atom. The Morgan fingerprint density at radius 3 is 2.58 bits per heavy atom. The molecule has 3 aliphatic rings. The van der Waals surface area contributed by atoms with Gasteiger partial charge in [-0.2, -0.15) is 0 Å². The molecule has 0 bridgehead atoms. The predicted octanol–water partition coefficient (Wildman–Crippen LogP) is 2.22. The number of rotatable bonds is 3. The predicted molar refractivity (Wildman–Crippen MR) is 96.2 cm³/mol. The fourth-order valence-electron chi connectivity index (χ4n) is 4.45. The fraction of sp³-hybridized carbons (Fsp3) is 0.550. The SMILES string of the molecule is O=C(CCN1C(=O)NC2(CCCCC2)C1=O)N1CCc2ccccc2C1. The van der Waals surface area contributed by atoms with Gasteiger partial charge in [-0.15, -0.1) is 0 Å². The van der Waals surface area contributed by atoms with Crippen LogP contribution in [-0.4, -0.2) is 46.3 Å². The lowest BCUT2D eigenvalue weighted by atomic mass is 9.82. The van der Waals surface area contributed by atoms with Crippen LogP contribution in [0, 0.1) is 0 Å². The standard InChI is InChI=1S/C20H25N3O3/c24-17(22-12-8-15-6-2-3-7-16(15)14-22)9-13-23-18(25)20(21-19(23)26)10-4-1-5-11-20/h2-3,6-7H,1,4-5,8-14H2,(H,21,26). The van der Waals surface area contributed by atoms with Crippen molar-refractivity contribution in [3.63, 3.8) is 0 Å². The van der Waals surface area contributed by atoms with Crippen LogP contribution in [-0.2, 0) is 22.6 Å². The Kier molecular flexibility index (Phi) is 4.42. The highest BCUT2D eigenvalue weighted by Crippen LogP contribution is 2.33. The summed E-state index contributed by atoms with van der Waals surface area (Å²) >= 11 is 0. The van der Waals surface area contributed by atoms with Crippen molar-refractivity contribution in [1.29, 1.82) is 0 Å². The first kappa shape index (κ1) is 17.1. The number of hydrogen-bond donors (Lipinski definition) is 1. The quantitative estimate of drug-likeness (QED) is 0.845. The summed E-state index contributed by atoms with van der Waals surface area (Å²) in [5.74, 6) is -0.135. The summed E-state index contributed by atoms with van der Waals surface area (Å²) in [5, 5.41) is 2.90. The van der Waals surface area contributed by atoms with Gasteiger partial charge in [-0.25, -0.2) is 4.79 Å². The molecule has 2 fully saturated rings. The molecule has 1 aromatic rings. The molecule has 6 heteroatoms. The first-order chi connectivity index (χ1) is 12.6. The van der Waals surface area contributed by atoms with Crippen LogP contribution in [0.4, 0.5) is 4.79 Å². The number of urea groups is 1. The van der Waals surface area contributed by atoms with Gasteiger partial charge >= 0.3 is 6.03 Å². The summed E-state index contributed by atoms with van der Waals surface area (Å²) in [6, 6.07) is 7.83. The van der Waals surface area contributed by atoms with Crippen molar-refractivity contribution in [2.24, 2.45) is 0 Å². The van der Waals surface area contributed by atoms with Crippen molar-refractivity contribution in [2.75, 3.05) is 13.1 Å². The molecule has 0 atom stereocenters. The van der Waals surface area contributed by atoms with Crippen LogP contribution in [0.1, 0.15) is 49.7 Å². The van der Waals surface area contributed by atoms with E-state index in [4.69, 9.17) is 0 Å². The van der Waals surface area contributed by atoms with Crippen molar-refractivity contribution in [1.82, 2.24) is 15.1 Å². The topological polar surface area (TPSA) is 69.7 Å². The van der Waals surface area contributed by atoms with Crippen LogP contribution >= 0.6 is 0 Å². The van der Waals surface area contributed by atoms with Crippen LogP contribution in [0.5, 0.6) is 0 Å². The van der Waals surface area contributed by atoms with Crippen LogP contribution in [0.25, 0.3) is 0 Å². The van der Waals surface area contributed by atoms with E-state index in [0.29, 0.717) is 25.9 Å². The van der Waals surface area contributed by atoms with Crippen LogP contribution in [0.3, 0.4) is 0 Å². The van der Waals surface area contributed by atoms with Gasteiger partial charge in [0.2, 0.25) is 5.91 Å². The minimum atomic E-state index is -0.706. The lowest BCUT2D eigenvalue weighted by Gasteiger charge is -2.31. The fourth-order valence-corrected chi connectivity index (χ4v) is 4.45. The number of amides is 4. The molecular formula is C20H25N3O3. The molecule has 6 nitrogen and oxygen atoms in total. The number of hydrogen-bond acceptors (Lipinski definition) is 3. The molecular weight excluding hydrogens is 330 g/mol. The molecule has 1 aromatic carbocycles. The first-order valence-electron chi connectivity index (χ1n) is 9.58. The van der Waals surface area contributed by atoms with Gasteiger partial charge in [-0.1, -0.05) is 43.5 Å². The molecule has 1 aliphatic carbocycles. The first-order valence-corrected chi connectivity index (χ1v) is 9.58. The highest BCUT2D eigenvalue weighted by Gasteiger charge is 2.51. The third-order valence-electron chi connectivity index (χ3n) is 5.99. The Labute approximate surface area is 153 Å². The van der Waals surface area contributed by atoms with E-state index >= 15 is 0 Å². The zero-order valence-electron chi connectivity index (χ0n) is 15.0. The van der Waals surface area contributed by atoms with Gasteiger partial charge in [-0.3, -0.25) is 14.5 Å². The van der Waals surface area contributed by atoms with E-state index in [9.17, 15) is 14.4 Å². The van der Waals surface area contributed by atoms with E-state index in [1.807, 2.05) is 17.0 Å². The normalized spacial score (nSPS) is 21.7. The monoisotopic (exact) mass is 355 g/mol. The number of carbonyl (C=O) groups excluding carboxylic acids is 3. The molecule has 2 heterocycles. The lowest BCUT2D eigenvalue weighted by molar-refractivity contribution is -0.134. The van der Waals surface area contributed by atoms with E-state index in [0.717, 1.165) is 25.7 Å². The number of nitrogens with zero attached hydrogens (tertiary/aromatic N) is 2. The van der Waals surface area contributed by atoms with E-state index in [1.54, 1.807) is 0 Å². The maximum absolute atomic E-state index is 12.8. The summed E-state index contributed by atoms with van der Waals surface area (Å²) in [6.45, 7) is 1.47. The van der Waals surface area contributed by atoms with Gasteiger partial charge < -0.3 is 10.2 Å². The second kappa shape index (κ2) is 6.74. The molecule has 1 saturated carbocycles. The number of fused-ring (bicyclic) bond motifs is 1. The van der Waals surface area contributed by atoms with Crippen LogP contribution < -0.4 is 5.32 Å². The van der Waals surface area contributed by atoms with Crippen LogP contribution in [0.2, 0.25) is 0 Å². The van der Waals surface area contributed by atoms with E-state index < -0.39 is 5.54 Å². The maximum atomic E-state index is 12.8. The van der Waals surface area contributed by atoms with Crippen molar-refractivity contribution >= 4 is 17.8 Å². The zero-order valence-corrected chi connectivity index (χ0v) is 15.0. The Morgan fingerprint density at radius 1 is 1.08 bits per heavy atom. The average molecular weight is 355 g/mol. The molecule has 2 aliphatic heterocycles. The molecule has 4 amide bonds. The lowest BCUT2D eigenvalue weighted by Crippen LogP contribution is -2.48. The van der Waals surface area contributed by atoms with Crippen molar-refractivity contribution < 1.29 is 14.4 Å². The summed E-state index contributed by atoms with van der Waals surface area (Å²) in [7, 11) is 0. The molecule has 1 saturated heterocycles. The van der Waals surface area contributed by atoms with Crippen LogP contribution in [0.15, 0.2) is 24.3 Å². The Bertz CT molecular complexity index is 740. The van der Waals surface area contributed by atoms with Gasteiger partial charge in [0.1, 0.15) is 5.54 Å². The van der Waals surface area contributed by atoms with Crippen molar-refractivity contribution in [2.45, 2.75) is 57.0 Å². The van der Waals surface area contributed by atoms with E-state index in [-0.39, 0.29) is 30.8 Å². The molecule has 0 unspecified atom stereocenters. The zero-order chi connectivity index (χ0) is 18.1. The molecule has 0 aromatic heterocycles. The summed E-state index contributed by atoms with van der Waals surface area (Å²) in [6.07, 6.45) is 5.51. The number of nitrogens with one attached hydrogen (secondary N) is 1. The number of imide groups is 1. The van der Waals surface area contributed by atoms with Gasteiger partial charge in [0.15, 0.2) is 0 Å². The molecule has 1 N–H and O–H groups in total. The largest absolute Gasteiger partial charge is 0.338 e. The summed E-state index contributed by atoms with van der Waals surface area (Å²) < 4.78 is 0. The second-order valence-electron chi connectivity index (χ2n) is 7.61. The minimum absolute atomic E-state index is 0.00435.